The molecule has 1 saturated carbocycles. The Labute approximate surface area is 101 Å². The van der Waals surface area contributed by atoms with Gasteiger partial charge in [-0.25, -0.2) is 4.39 Å². The van der Waals surface area contributed by atoms with E-state index in [0.29, 0.717) is 12.0 Å². The van der Waals surface area contributed by atoms with Crippen molar-refractivity contribution in [1.29, 1.82) is 0 Å². The van der Waals surface area contributed by atoms with Crippen molar-refractivity contribution in [2.75, 3.05) is 13.1 Å². The van der Waals surface area contributed by atoms with Gasteiger partial charge in [0.25, 0.3) is 0 Å². The maximum Gasteiger partial charge on any atom is 0.123 e. The van der Waals surface area contributed by atoms with Crippen LogP contribution in [0.2, 0.25) is 0 Å². The molecule has 3 heteroatoms. The SMILES string of the molecule is Fc1ccc(OC2CCC2)c(C2CCNC2)c1. The van der Waals surface area contributed by atoms with Crippen molar-refractivity contribution in [2.45, 2.75) is 37.7 Å². The van der Waals surface area contributed by atoms with Gasteiger partial charge in [0, 0.05) is 18.0 Å². The number of benzene rings is 1. The Hall–Kier alpha value is -1.09. The van der Waals surface area contributed by atoms with Gasteiger partial charge >= 0.3 is 0 Å². The first-order valence-corrected chi connectivity index (χ1v) is 6.50. The van der Waals surface area contributed by atoms with Crippen LogP contribution in [0.1, 0.15) is 37.2 Å². The summed E-state index contributed by atoms with van der Waals surface area (Å²) in [7, 11) is 0. The van der Waals surface area contributed by atoms with E-state index in [1.165, 1.54) is 12.5 Å². The molecule has 1 N–H and O–H groups in total. The van der Waals surface area contributed by atoms with Gasteiger partial charge in [0.2, 0.25) is 0 Å². The summed E-state index contributed by atoms with van der Waals surface area (Å²) in [5, 5.41) is 3.32. The van der Waals surface area contributed by atoms with Gasteiger partial charge in [-0.2, -0.15) is 0 Å². The van der Waals surface area contributed by atoms with Crippen LogP contribution in [-0.4, -0.2) is 19.2 Å². The number of rotatable bonds is 3. The molecule has 1 unspecified atom stereocenters. The lowest BCUT2D eigenvalue weighted by Crippen LogP contribution is -2.25. The van der Waals surface area contributed by atoms with Gasteiger partial charge in [-0.1, -0.05) is 0 Å². The molecule has 2 nitrogen and oxygen atoms in total. The van der Waals surface area contributed by atoms with E-state index in [1.54, 1.807) is 12.1 Å². The van der Waals surface area contributed by atoms with Crippen LogP contribution in [0, 0.1) is 5.82 Å². The molecule has 1 aliphatic carbocycles. The summed E-state index contributed by atoms with van der Waals surface area (Å²) in [6, 6.07) is 4.94. The first kappa shape index (κ1) is 11.0. The molecule has 0 spiro atoms. The van der Waals surface area contributed by atoms with Crippen LogP contribution in [0.4, 0.5) is 4.39 Å². The molecule has 92 valence electrons. The highest BCUT2D eigenvalue weighted by atomic mass is 19.1. The van der Waals surface area contributed by atoms with Crippen molar-refractivity contribution < 1.29 is 9.13 Å². The number of ether oxygens (including phenoxy) is 1. The Morgan fingerprint density at radius 2 is 2.12 bits per heavy atom. The lowest BCUT2D eigenvalue weighted by atomic mass is 9.94. The second-order valence-corrected chi connectivity index (χ2v) is 5.04. The zero-order chi connectivity index (χ0) is 11.7. The van der Waals surface area contributed by atoms with Crippen molar-refractivity contribution in [2.24, 2.45) is 0 Å². The lowest BCUT2D eigenvalue weighted by molar-refractivity contribution is 0.118. The molecule has 17 heavy (non-hydrogen) atoms. The van der Waals surface area contributed by atoms with E-state index in [2.05, 4.69) is 5.32 Å². The first-order chi connectivity index (χ1) is 8.33. The summed E-state index contributed by atoms with van der Waals surface area (Å²) in [5.74, 6) is 1.14. The van der Waals surface area contributed by atoms with Gasteiger partial charge in [-0.05, 0) is 50.4 Å². The Bertz CT molecular complexity index is 397. The minimum atomic E-state index is -0.159. The number of nitrogens with one attached hydrogen (secondary N) is 1. The Morgan fingerprint density at radius 1 is 1.24 bits per heavy atom. The fourth-order valence-corrected chi connectivity index (χ4v) is 2.53. The lowest BCUT2D eigenvalue weighted by Gasteiger charge is -2.28. The second-order valence-electron chi connectivity index (χ2n) is 5.04. The van der Waals surface area contributed by atoms with Crippen molar-refractivity contribution in [3.05, 3.63) is 29.6 Å². The number of hydrogen-bond donors (Lipinski definition) is 1. The Morgan fingerprint density at radius 3 is 2.76 bits per heavy atom. The Balaban J connectivity index is 1.84. The average Bonchev–Trinajstić information content (AvgIpc) is 2.78. The van der Waals surface area contributed by atoms with Crippen molar-refractivity contribution in [3.63, 3.8) is 0 Å². The molecular formula is C14H18FNO. The maximum absolute atomic E-state index is 13.4. The summed E-state index contributed by atoms with van der Waals surface area (Å²) in [6.07, 6.45) is 4.96. The van der Waals surface area contributed by atoms with E-state index in [1.807, 2.05) is 0 Å². The van der Waals surface area contributed by atoms with Crippen LogP contribution < -0.4 is 10.1 Å². The molecule has 1 heterocycles. The van der Waals surface area contributed by atoms with Crippen LogP contribution in [0.25, 0.3) is 0 Å². The molecule has 1 aromatic rings. The van der Waals surface area contributed by atoms with E-state index < -0.39 is 0 Å². The maximum atomic E-state index is 13.4. The molecule has 0 aromatic heterocycles. The van der Waals surface area contributed by atoms with Gasteiger partial charge in [0.1, 0.15) is 11.6 Å². The summed E-state index contributed by atoms with van der Waals surface area (Å²) >= 11 is 0. The monoisotopic (exact) mass is 235 g/mol. The minimum Gasteiger partial charge on any atom is -0.490 e. The molecular weight excluding hydrogens is 217 g/mol. The summed E-state index contributed by atoms with van der Waals surface area (Å²) < 4.78 is 19.3. The van der Waals surface area contributed by atoms with Crippen LogP contribution in [-0.2, 0) is 0 Å². The van der Waals surface area contributed by atoms with Crippen LogP contribution in [0.15, 0.2) is 18.2 Å². The quantitative estimate of drug-likeness (QED) is 0.869. The first-order valence-electron chi connectivity index (χ1n) is 6.50. The largest absolute Gasteiger partial charge is 0.490 e. The summed E-state index contributed by atoms with van der Waals surface area (Å²) in [5.41, 5.74) is 1.04. The van der Waals surface area contributed by atoms with Crippen LogP contribution >= 0.6 is 0 Å². The third-order valence-electron chi connectivity index (χ3n) is 3.82. The van der Waals surface area contributed by atoms with Gasteiger partial charge in [-0.15, -0.1) is 0 Å². The predicted molar refractivity (Wildman–Crippen MR) is 64.9 cm³/mol. The van der Waals surface area contributed by atoms with Gasteiger partial charge in [0.05, 0.1) is 6.10 Å². The second kappa shape index (κ2) is 4.65. The molecule has 1 aliphatic heterocycles. The standard InChI is InChI=1S/C14H18FNO/c15-11-4-5-14(17-12-2-1-3-12)13(8-11)10-6-7-16-9-10/h4-5,8,10,12,16H,1-3,6-7,9H2. The summed E-state index contributed by atoms with van der Waals surface area (Å²) in [6.45, 7) is 1.95. The van der Waals surface area contributed by atoms with E-state index in [0.717, 1.165) is 43.7 Å². The third-order valence-corrected chi connectivity index (χ3v) is 3.82. The summed E-state index contributed by atoms with van der Waals surface area (Å²) in [4.78, 5) is 0. The highest BCUT2D eigenvalue weighted by molar-refractivity contribution is 5.38. The van der Waals surface area contributed by atoms with E-state index in [4.69, 9.17) is 4.74 Å². The highest BCUT2D eigenvalue weighted by Crippen LogP contribution is 2.34. The predicted octanol–water partition coefficient (Wildman–Crippen LogP) is 2.83. The normalized spacial score (nSPS) is 24.6. The number of hydrogen-bond acceptors (Lipinski definition) is 2. The fourth-order valence-electron chi connectivity index (χ4n) is 2.53. The van der Waals surface area contributed by atoms with E-state index in [9.17, 15) is 4.39 Å². The zero-order valence-electron chi connectivity index (χ0n) is 9.92. The van der Waals surface area contributed by atoms with Gasteiger partial charge in [-0.3, -0.25) is 0 Å². The van der Waals surface area contributed by atoms with E-state index >= 15 is 0 Å². The molecule has 1 saturated heterocycles. The van der Waals surface area contributed by atoms with Gasteiger partial charge in [0.15, 0.2) is 0 Å². The topological polar surface area (TPSA) is 21.3 Å². The molecule has 0 radical (unpaired) electrons. The molecule has 3 rings (SSSR count). The molecule has 0 amide bonds. The van der Waals surface area contributed by atoms with Crippen molar-refractivity contribution in [3.8, 4) is 5.75 Å². The molecule has 1 atom stereocenters. The van der Waals surface area contributed by atoms with Crippen molar-refractivity contribution in [1.82, 2.24) is 5.32 Å². The minimum absolute atomic E-state index is 0.159. The van der Waals surface area contributed by atoms with Gasteiger partial charge < -0.3 is 10.1 Å². The average molecular weight is 235 g/mol. The zero-order valence-corrected chi connectivity index (χ0v) is 9.92. The van der Waals surface area contributed by atoms with Crippen LogP contribution in [0.5, 0.6) is 5.75 Å². The fraction of sp³-hybridized carbons (Fsp3) is 0.571. The molecule has 2 aliphatic rings. The van der Waals surface area contributed by atoms with Crippen molar-refractivity contribution >= 4 is 0 Å². The highest BCUT2D eigenvalue weighted by Gasteiger charge is 2.24. The molecule has 0 bridgehead atoms. The molecule has 1 aromatic carbocycles. The van der Waals surface area contributed by atoms with E-state index in [-0.39, 0.29) is 5.82 Å². The molecule has 2 fully saturated rings. The third kappa shape index (κ3) is 2.29. The Kier molecular flexibility index (Phi) is 3.02. The van der Waals surface area contributed by atoms with Crippen LogP contribution in [0.3, 0.4) is 0 Å². The number of halogens is 1. The smallest absolute Gasteiger partial charge is 0.123 e.